The number of rotatable bonds is 7. The van der Waals surface area contributed by atoms with Gasteiger partial charge >= 0.3 is 0 Å². The quantitative estimate of drug-likeness (QED) is 0.819. The lowest BCUT2D eigenvalue weighted by Crippen LogP contribution is -2.34. The van der Waals surface area contributed by atoms with Crippen molar-refractivity contribution in [2.75, 3.05) is 20.8 Å². The Labute approximate surface area is 116 Å². The standard InChI is InChI=1S/C16H25NO2/c1-4-19-15-9-12(10-15)11-16(17-2)13-5-7-14(18-3)8-6-13/h5-8,12,15-17H,4,9-11H2,1-3H3. The van der Waals surface area contributed by atoms with Crippen LogP contribution in [0.15, 0.2) is 24.3 Å². The maximum atomic E-state index is 5.62. The number of hydrogen-bond acceptors (Lipinski definition) is 3. The van der Waals surface area contributed by atoms with Crippen molar-refractivity contribution in [3.8, 4) is 5.75 Å². The lowest BCUT2D eigenvalue weighted by Gasteiger charge is -2.37. The van der Waals surface area contributed by atoms with Crippen LogP contribution >= 0.6 is 0 Å². The van der Waals surface area contributed by atoms with E-state index < -0.39 is 0 Å². The molecule has 0 aliphatic heterocycles. The zero-order valence-electron chi connectivity index (χ0n) is 12.2. The Hall–Kier alpha value is -1.06. The Morgan fingerprint density at radius 3 is 2.47 bits per heavy atom. The van der Waals surface area contributed by atoms with Crippen LogP contribution < -0.4 is 10.1 Å². The summed E-state index contributed by atoms with van der Waals surface area (Å²) in [7, 11) is 3.74. The van der Waals surface area contributed by atoms with Gasteiger partial charge in [0.25, 0.3) is 0 Å². The van der Waals surface area contributed by atoms with Gasteiger partial charge < -0.3 is 14.8 Å². The third-order valence-corrected chi connectivity index (χ3v) is 4.03. The molecule has 1 aliphatic carbocycles. The Bertz CT molecular complexity index is 371. The molecule has 3 nitrogen and oxygen atoms in total. The minimum absolute atomic E-state index is 0.429. The van der Waals surface area contributed by atoms with Crippen molar-refractivity contribution in [2.45, 2.75) is 38.3 Å². The van der Waals surface area contributed by atoms with Crippen molar-refractivity contribution in [1.29, 1.82) is 0 Å². The van der Waals surface area contributed by atoms with Crippen molar-refractivity contribution >= 4 is 0 Å². The molecule has 1 unspecified atom stereocenters. The van der Waals surface area contributed by atoms with E-state index in [4.69, 9.17) is 9.47 Å². The first kappa shape index (κ1) is 14.4. The van der Waals surface area contributed by atoms with Crippen molar-refractivity contribution in [1.82, 2.24) is 5.32 Å². The summed E-state index contributed by atoms with van der Waals surface area (Å²) in [6, 6.07) is 8.79. The number of methoxy groups -OCH3 is 1. The first-order chi connectivity index (χ1) is 9.26. The smallest absolute Gasteiger partial charge is 0.118 e. The predicted octanol–water partition coefficient (Wildman–Crippen LogP) is 3.16. The molecule has 1 aromatic rings. The maximum absolute atomic E-state index is 5.62. The number of benzene rings is 1. The molecule has 1 atom stereocenters. The summed E-state index contributed by atoms with van der Waals surface area (Å²) in [4.78, 5) is 0. The van der Waals surface area contributed by atoms with E-state index in [1.807, 2.05) is 19.2 Å². The molecule has 0 radical (unpaired) electrons. The van der Waals surface area contributed by atoms with Gasteiger partial charge in [-0.1, -0.05) is 12.1 Å². The van der Waals surface area contributed by atoms with E-state index in [0.717, 1.165) is 18.3 Å². The highest BCUT2D eigenvalue weighted by Gasteiger charge is 2.31. The zero-order valence-corrected chi connectivity index (χ0v) is 12.2. The Morgan fingerprint density at radius 1 is 1.26 bits per heavy atom. The van der Waals surface area contributed by atoms with Gasteiger partial charge in [0.1, 0.15) is 5.75 Å². The molecule has 0 heterocycles. The van der Waals surface area contributed by atoms with Crippen LogP contribution in [0.25, 0.3) is 0 Å². The van der Waals surface area contributed by atoms with Gasteiger partial charge in [-0.05, 0) is 56.8 Å². The molecule has 1 aromatic carbocycles. The fraction of sp³-hybridized carbons (Fsp3) is 0.625. The average molecular weight is 263 g/mol. The summed E-state index contributed by atoms with van der Waals surface area (Å²) in [6.45, 7) is 2.91. The monoisotopic (exact) mass is 263 g/mol. The number of hydrogen-bond donors (Lipinski definition) is 1. The molecule has 1 fully saturated rings. The fourth-order valence-electron chi connectivity index (χ4n) is 2.83. The molecular weight excluding hydrogens is 238 g/mol. The molecule has 2 rings (SSSR count). The fourth-order valence-corrected chi connectivity index (χ4v) is 2.83. The van der Waals surface area contributed by atoms with E-state index in [2.05, 4.69) is 24.4 Å². The van der Waals surface area contributed by atoms with Gasteiger partial charge in [-0.25, -0.2) is 0 Å². The molecule has 0 bridgehead atoms. The predicted molar refractivity (Wildman–Crippen MR) is 77.5 cm³/mol. The molecule has 3 heteroatoms. The first-order valence-corrected chi connectivity index (χ1v) is 7.19. The van der Waals surface area contributed by atoms with Crippen LogP contribution in [0.2, 0.25) is 0 Å². The van der Waals surface area contributed by atoms with Gasteiger partial charge in [0.05, 0.1) is 13.2 Å². The number of ether oxygens (including phenoxy) is 2. The molecule has 1 N–H and O–H groups in total. The highest BCUT2D eigenvalue weighted by atomic mass is 16.5. The topological polar surface area (TPSA) is 30.5 Å². The van der Waals surface area contributed by atoms with Gasteiger partial charge in [0, 0.05) is 12.6 Å². The van der Waals surface area contributed by atoms with E-state index in [-0.39, 0.29) is 0 Å². The first-order valence-electron chi connectivity index (χ1n) is 7.19. The van der Waals surface area contributed by atoms with E-state index in [0.29, 0.717) is 12.1 Å². The van der Waals surface area contributed by atoms with E-state index >= 15 is 0 Å². The van der Waals surface area contributed by atoms with Crippen molar-refractivity contribution in [2.24, 2.45) is 5.92 Å². The van der Waals surface area contributed by atoms with Crippen LogP contribution in [0.3, 0.4) is 0 Å². The summed E-state index contributed by atoms with van der Waals surface area (Å²) in [6.07, 6.45) is 4.11. The summed E-state index contributed by atoms with van der Waals surface area (Å²) < 4.78 is 10.8. The highest BCUT2D eigenvalue weighted by Crippen LogP contribution is 2.37. The third kappa shape index (κ3) is 3.71. The summed E-state index contributed by atoms with van der Waals surface area (Å²) in [5.74, 6) is 1.70. The second-order valence-electron chi connectivity index (χ2n) is 5.26. The van der Waals surface area contributed by atoms with Gasteiger partial charge in [0.15, 0.2) is 0 Å². The van der Waals surface area contributed by atoms with Crippen LogP contribution in [-0.4, -0.2) is 26.9 Å². The van der Waals surface area contributed by atoms with Gasteiger partial charge in [-0.15, -0.1) is 0 Å². The summed E-state index contributed by atoms with van der Waals surface area (Å²) in [5, 5.41) is 3.42. The maximum Gasteiger partial charge on any atom is 0.118 e. The molecule has 0 saturated heterocycles. The summed E-state index contributed by atoms with van der Waals surface area (Å²) in [5.41, 5.74) is 1.34. The molecule has 106 valence electrons. The minimum Gasteiger partial charge on any atom is -0.497 e. The number of nitrogens with one attached hydrogen (secondary N) is 1. The van der Waals surface area contributed by atoms with Crippen LogP contribution in [0, 0.1) is 5.92 Å². The van der Waals surface area contributed by atoms with Crippen molar-refractivity contribution < 1.29 is 9.47 Å². The van der Waals surface area contributed by atoms with Crippen LogP contribution in [0.5, 0.6) is 5.75 Å². The van der Waals surface area contributed by atoms with Crippen LogP contribution in [0.4, 0.5) is 0 Å². The average Bonchev–Trinajstić information content (AvgIpc) is 2.41. The minimum atomic E-state index is 0.429. The molecule has 0 amide bonds. The molecule has 19 heavy (non-hydrogen) atoms. The Kier molecular flexibility index (Phi) is 5.23. The summed E-state index contributed by atoms with van der Waals surface area (Å²) >= 11 is 0. The van der Waals surface area contributed by atoms with E-state index in [9.17, 15) is 0 Å². The van der Waals surface area contributed by atoms with Crippen molar-refractivity contribution in [3.63, 3.8) is 0 Å². The third-order valence-electron chi connectivity index (χ3n) is 4.03. The lowest BCUT2D eigenvalue weighted by molar-refractivity contribution is -0.0289. The second-order valence-corrected chi connectivity index (χ2v) is 5.26. The normalized spacial score (nSPS) is 23.7. The Balaban J connectivity index is 1.86. The van der Waals surface area contributed by atoms with Crippen LogP contribution in [-0.2, 0) is 4.74 Å². The molecular formula is C16H25NO2. The van der Waals surface area contributed by atoms with Crippen LogP contribution in [0.1, 0.15) is 37.8 Å². The van der Waals surface area contributed by atoms with Gasteiger partial charge in [-0.3, -0.25) is 0 Å². The molecule has 1 saturated carbocycles. The SMILES string of the molecule is CCOC1CC(CC(NC)c2ccc(OC)cc2)C1. The molecule has 0 aromatic heterocycles. The van der Waals surface area contributed by atoms with Gasteiger partial charge in [-0.2, -0.15) is 0 Å². The second kappa shape index (κ2) is 6.92. The highest BCUT2D eigenvalue weighted by molar-refractivity contribution is 5.29. The zero-order chi connectivity index (χ0) is 13.7. The molecule has 0 spiro atoms. The lowest BCUT2D eigenvalue weighted by atomic mass is 9.77. The Morgan fingerprint density at radius 2 is 1.95 bits per heavy atom. The van der Waals surface area contributed by atoms with Crippen molar-refractivity contribution in [3.05, 3.63) is 29.8 Å². The van der Waals surface area contributed by atoms with E-state index in [1.165, 1.54) is 24.8 Å². The van der Waals surface area contributed by atoms with E-state index in [1.54, 1.807) is 7.11 Å². The van der Waals surface area contributed by atoms with Gasteiger partial charge in [0.2, 0.25) is 0 Å². The largest absolute Gasteiger partial charge is 0.497 e. The molecule has 1 aliphatic rings.